The minimum absolute atomic E-state index is 0.0834. The Labute approximate surface area is 280 Å². The fourth-order valence-corrected chi connectivity index (χ4v) is 6.94. The lowest BCUT2D eigenvalue weighted by molar-refractivity contribution is -0.138. The summed E-state index contributed by atoms with van der Waals surface area (Å²) in [4.78, 5) is 48.0. The van der Waals surface area contributed by atoms with E-state index < -0.39 is 41.7 Å². The Hall–Kier alpha value is -4.16. The molecule has 3 aromatic heterocycles. The number of nitrogens with zero attached hydrogens (tertiary/aromatic N) is 1. The second-order valence-corrected chi connectivity index (χ2v) is 13.5. The van der Waals surface area contributed by atoms with E-state index in [1.54, 1.807) is 24.3 Å². The summed E-state index contributed by atoms with van der Waals surface area (Å²) in [6.45, 7) is 0. The van der Waals surface area contributed by atoms with Gasteiger partial charge in [-0.05, 0) is 90.0 Å². The maximum atomic E-state index is 13.1. The van der Waals surface area contributed by atoms with Gasteiger partial charge in [0.1, 0.15) is 11.6 Å². The molecule has 0 bridgehead atoms. The highest BCUT2D eigenvalue weighted by molar-refractivity contribution is 7.19. The van der Waals surface area contributed by atoms with Crippen molar-refractivity contribution >= 4 is 69.4 Å². The van der Waals surface area contributed by atoms with Crippen molar-refractivity contribution in [3.8, 4) is 21.8 Å². The Kier molecular flexibility index (Phi) is 11.6. The quantitative estimate of drug-likeness (QED) is 0.133. The number of carbonyl (C=O) groups is 4. The first-order valence-corrected chi connectivity index (χ1v) is 15.9. The van der Waals surface area contributed by atoms with Crippen LogP contribution in [0.15, 0.2) is 78.9 Å². The zero-order chi connectivity index (χ0) is 33.5. The van der Waals surface area contributed by atoms with E-state index in [9.17, 15) is 28.0 Å². The first kappa shape index (κ1) is 34.7. The largest absolute Gasteiger partial charge is 0.481 e. The number of carboxylic acid groups (broad SMARTS) is 2. The summed E-state index contributed by atoms with van der Waals surface area (Å²) in [5.41, 5.74) is 3.43. The van der Waals surface area contributed by atoms with E-state index >= 15 is 0 Å². The number of halogens is 4. The Morgan fingerprint density at radius 3 is 1.89 bits per heavy atom. The Bertz CT molecular complexity index is 1880. The van der Waals surface area contributed by atoms with Gasteiger partial charge < -0.3 is 14.8 Å². The summed E-state index contributed by atoms with van der Waals surface area (Å²) >= 11 is 14.2. The third-order valence-electron chi connectivity index (χ3n) is 6.81. The van der Waals surface area contributed by atoms with Crippen LogP contribution < -0.4 is 0 Å². The van der Waals surface area contributed by atoms with Crippen LogP contribution in [0.1, 0.15) is 38.4 Å². The Morgan fingerprint density at radius 2 is 1.37 bits per heavy atom. The zero-order valence-electron chi connectivity index (χ0n) is 24.0. The van der Waals surface area contributed by atoms with Crippen molar-refractivity contribution in [2.45, 2.75) is 19.3 Å². The Balaban J connectivity index is 0.000000209. The molecule has 238 valence electrons. The summed E-state index contributed by atoms with van der Waals surface area (Å²) in [5, 5.41) is 18.1. The van der Waals surface area contributed by atoms with E-state index in [0.29, 0.717) is 19.1 Å². The lowest BCUT2D eigenvalue weighted by atomic mass is 9.91. The normalized spacial score (nSPS) is 11.4. The van der Waals surface area contributed by atoms with Crippen molar-refractivity contribution in [1.82, 2.24) is 4.57 Å². The van der Waals surface area contributed by atoms with Gasteiger partial charge in [0.2, 0.25) is 0 Å². The number of hydrogen-bond donors (Lipinski definition) is 2. The van der Waals surface area contributed by atoms with Crippen LogP contribution in [0, 0.1) is 17.6 Å². The molecule has 2 aromatic carbocycles. The molecule has 0 amide bonds. The average molecular weight is 705 g/mol. The highest BCUT2D eigenvalue weighted by Gasteiger charge is 2.27. The van der Waals surface area contributed by atoms with Gasteiger partial charge in [-0.15, -0.1) is 22.7 Å². The van der Waals surface area contributed by atoms with Gasteiger partial charge in [-0.2, -0.15) is 0 Å². The first-order chi connectivity index (χ1) is 21.8. The van der Waals surface area contributed by atoms with E-state index in [1.165, 1.54) is 41.7 Å². The monoisotopic (exact) mass is 703 g/mol. The first-order valence-electron chi connectivity index (χ1n) is 13.5. The molecule has 2 N–H and O–H groups in total. The van der Waals surface area contributed by atoms with Crippen molar-refractivity contribution in [3.63, 3.8) is 0 Å². The molecule has 0 saturated heterocycles. The number of carboxylic acids is 2. The molecule has 0 spiro atoms. The molecule has 0 radical (unpaired) electrons. The van der Waals surface area contributed by atoms with Crippen molar-refractivity contribution in [2.24, 2.45) is 13.0 Å². The number of carbonyl (C=O) groups excluding carboxylic acids is 2. The van der Waals surface area contributed by atoms with Crippen molar-refractivity contribution in [1.29, 1.82) is 0 Å². The molecule has 7 nitrogen and oxygen atoms in total. The second-order valence-electron chi connectivity index (χ2n) is 10.0. The van der Waals surface area contributed by atoms with Crippen molar-refractivity contribution in [2.75, 3.05) is 0 Å². The van der Waals surface area contributed by atoms with E-state index in [2.05, 4.69) is 0 Å². The van der Waals surface area contributed by atoms with Gasteiger partial charge in [-0.3, -0.25) is 19.2 Å². The minimum atomic E-state index is -1.17. The van der Waals surface area contributed by atoms with Gasteiger partial charge in [0.25, 0.3) is 0 Å². The van der Waals surface area contributed by atoms with Gasteiger partial charge >= 0.3 is 11.9 Å². The van der Waals surface area contributed by atoms with Crippen LogP contribution in [0.5, 0.6) is 0 Å². The second kappa shape index (κ2) is 15.4. The molecule has 5 rings (SSSR count). The average Bonchev–Trinajstić information content (AvgIpc) is 3.71. The fourth-order valence-electron chi connectivity index (χ4n) is 4.72. The molecule has 0 aliphatic heterocycles. The predicted octanol–water partition coefficient (Wildman–Crippen LogP) is 8.93. The maximum absolute atomic E-state index is 13.1. The van der Waals surface area contributed by atoms with Crippen LogP contribution in [0.3, 0.4) is 0 Å². The van der Waals surface area contributed by atoms with Crippen molar-refractivity contribution < 1.29 is 38.2 Å². The topological polar surface area (TPSA) is 114 Å². The lowest BCUT2D eigenvalue weighted by Crippen LogP contribution is -2.21. The highest BCUT2D eigenvalue weighted by Crippen LogP contribution is 2.37. The number of benzene rings is 2. The smallest absolute Gasteiger partial charge is 0.307 e. The fraction of sp³-hybridized carbons (Fsp3) is 0.152. The molecule has 13 heteroatoms. The summed E-state index contributed by atoms with van der Waals surface area (Å²) in [7, 11) is 1.87. The van der Waals surface area contributed by atoms with Crippen LogP contribution in [0.25, 0.3) is 21.8 Å². The van der Waals surface area contributed by atoms with Gasteiger partial charge in [-0.25, -0.2) is 8.78 Å². The third-order valence-corrected chi connectivity index (χ3v) is 9.29. The molecule has 0 saturated carbocycles. The van der Waals surface area contributed by atoms with Crippen LogP contribution in [0.4, 0.5) is 8.78 Å². The highest BCUT2D eigenvalue weighted by atomic mass is 35.5. The molecule has 0 fully saturated rings. The van der Waals surface area contributed by atoms with Gasteiger partial charge in [0.15, 0.2) is 11.6 Å². The number of thiophene rings is 2. The third kappa shape index (κ3) is 8.97. The maximum Gasteiger partial charge on any atom is 0.307 e. The molecule has 5 aromatic rings. The van der Waals surface area contributed by atoms with Crippen molar-refractivity contribution in [3.05, 3.63) is 115 Å². The summed E-state index contributed by atoms with van der Waals surface area (Å²) in [6, 6.07) is 19.6. The molecule has 0 aliphatic rings. The van der Waals surface area contributed by atoms with Crippen LogP contribution in [-0.4, -0.2) is 38.3 Å². The number of rotatable bonds is 11. The Morgan fingerprint density at radius 1 is 0.783 bits per heavy atom. The molecule has 46 heavy (non-hydrogen) atoms. The number of hydrogen-bond acceptors (Lipinski definition) is 6. The van der Waals surface area contributed by atoms with Crippen LogP contribution in [-0.2, 0) is 23.1 Å². The molecular formula is C33H25Cl2F2NO6S2. The molecule has 1 unspecified atom stereocenters. The van der Waals surface area contributed by atoms with E-state index in [4.69, 9.17) is 33.4 Å². The van der Waals surface area contributed by atoms with Gasteiger partial charge in [0.05, 0.1) is 37.0 Å². The number of aliphatic carboxylic acids is 2. The van der Waals surface area contributed by atoms with Crippen LogP contribution >= 0.6 is 45.9 Å². The minimum Gasteiger partial charge on any atom is -0.481 e. The standard InChI is InChI=1S/C17H13ClFNO2S.C16H12ClFO4S/c1-20-13(10-2-4-12(19)5-3-10)8-11(9-16(21)22)17(20)14-6-7-15(18)23-14;17-14-6-5-13(23-14)16(22)10(8-15(20)21)7-12(19)9-1-3-11(18)4-2-9/h2-8H,9H2,1H3,(H,21,22);1-6,10H,7-8H2,(H,20,21). The number of ketones is 2. The van der Waals surface area contributed by atoms with E-state index in [1.807, 2.05) is 23.7 Å². The van der Waals surface area contributed by atoms with Gasteiger partial charge in [-0.1, -0.05) is 23.2 Å². The number of aromatic nitrogens is 1. The summed E-state index contributed by atoms with van der Waals surface area (Å²) in [6.07, 6.45) is -0.798. The summed E-state index contributed by atoms with van der Waals surface area (Å²) < 4.78 is 29.0. The zero-order valence-corrected chi connectivity index (χ0v) is 27.2. The molecule has 1 atom stereocenters. The summed E-state index contributed by atoms with van der Waals surface area (Å²) in [5.74, 6) is -4.68. The van der Waals surface area contributed by atoms with E-state index in [0.717, 1.165) is 45.3 Å². The molecule has 3 heterocycles. The van der Waals surface area contributed by atoms with E-state index in [-0.39, 0.29) is 24.2 Å². The number of Topliss-reactive ketones (excluding diaryl/α,β-unsaturated/α-hetero) is 2. The van der Waals surface area contributed by atoms with Crippen LogP contribution in [0.2, 0.25) is 8.67 Å². The molecular weight excluding hydrogens is 679 g/mol. The predicted molar refractivity (Wildman–Crippen MR) is 175 cm³/mol. The van der Waals surface area contributed by atoms with Gasteiger partial charge in [0, 0.05) is 30.6 Å². The SMILES string of the molecule is Cn1c(-c2ccc(F)cc2)cc(CC(=O)O)c1-c1ccc(Cl)s1.O=C(O)CC(CC(=O)c1ccc(F)cc1)C(=O)c1ccc(Cl)s1. The molecule has 0 aliphatic carbocycles. The lowest BCUT2D eigenvalue weighted by Gasteiger charge is -2.12.